The summed E-state index contributed by atoms with van der Waals surface area (Å²) in [6.07, 6.45) is 4.64. The smallest absolute Gasteiger partial charge is 0.330 e. The molecule has 6 nitrogen and oxygen atoms in total. The monoisotopic (exact) mass is 419 g/mol. The molecule has 1 N–H and O–H groups in total. The highest BCUT2D eigenvalue weighted by molar-refractivity contribution is 8.14. The van der Waals surface area contributed by atoms with Crippen molar-refractivity contribution in [3.8, 4) is 11.5 Å². The van der Waals surface area contributed by atoms with Crippen molar-refractivity contribution in [2.75, 3.05) is 18.2 Å². The number of amidine groups is 1. The summed E-state index contributed by atoms with van der Waals surface area (Å²) >= 11 is 1.66. The molecule has 7 heteroatoms. The van der Waals surface area contributed by atoms with E-state index >= 15 is 0 Å². The van der Waals surface area contributed by atoms with Gasteiger partial charge in [0, 0.05) is 35.0 Å². The molecule has 1 atom stereocenters. The molecule has 0 bridgehead atoms. The van der Waals surface area contributed by atoms with Gasteiger partial charge in [-0.05, 0) is 24.5 Å². The van der Waals surface area contributed by atoms with E-state index in [1.54, 1.807) is 24.0 Å². The molecule has 30 heavy (non-hydrogen) atoms. The summed E-state index contributed by atoms with van der Waals surface area (Å²) in [4.78, 5) is 20.5. The van der Waals surface area contributed by atoms with Crippen LogP contribution in [0, 0.1) is 0 Å². The van der Waals surface area contributed by atoms with Crippen molar-refractivity contribution in [3.63, 3.8) is 0 Å². The number of ether oxygens (including phenoxy) is 2. The van der Waals surface area contributed by atoms with Crippen molar-refractivity contribution in [3.05, 3.63) is 66.4 Å². The van der Waals surface area contributed by atoms with Gasteiger partial charge in [0.05, 0.1) is 13.2 Å². The summed E-state index contributed by atoms with van der Waals surface area (Å²) in [5, 5.41) is 6.16. The third-order valence-corrected chi connectivity index (χ3v) is 5.63. The maximum Gasteiger partial charge on any atom is 0.330 e. The quantitative estimate of drug-likeness (QED) is 0.457. The fourth-order valence-electron chi connectivity index (χ4n) is 3.01. The van der Waals surface area contributed by atoms with Gasteiger partial charge in [0.15, 0.2) is 5.17 Å². The van der Waals surface area contributed by atoms with E-state index in [1.165, 1.54) is 13.2 Å². The fourth-order valence-corrected chi connectivity index (χ4v) is 3.92. The first-order valence-electron chi connectivity index (χ1n) is 9.51. The van der Waals surface area contributed by atoms with Gasteiger partial charge in [-0.25, -0.2) is 9.78 Å². The lowest BCUT2D eigenvalue weighted by Crippen LogP contribution is -2.07. The number of nitrogens with zero attached hydrogens (tertiary/aromatic N) is 2. The van der Waals surface area contributed by atoms with Crippen LogP contribution in [-0.4, -0.2) is 35.0 Å². The van der Waals surface area contributed by atoms with Crippen LogP contribution in [0.1, 0.15) is 12.5 Å². The Kier molecular flexibility index (Phi) is 5.99. The number of nitrogens with one attached hydrogen (secondary N) is 1. The highest BCUT2D eigenvalue weighted by atomic mass is 32.2. The summed E-state index contributed by atoms with van der Waals surface area (Å²) in [6, 6.07) is 16.0. The molecule has 3 aromatic rings. The van der Waals surface area contributed by atoms with Crippen LogP contribution in [0.3, 0.4) is 0 Å². The van der Waals surface area contributed by atoms with E-state index in [-0.39, 0.29) is 6.04 Å². The highest BCUT2D eigenvalue weighted by Crippen LogP contribution is 2.33. The molecule has 0 saturated carbocycles. The zero-order valence-corrected chi connectivity index (χ0v) is 17.5. The van der Waals surface area contributed by atoms with Crippen molar-refractivity contribution in [1.82, 2.24) is 4.98 Å². The Morgan fingerprint density at radius 2 is 2.03 bits per heavy atom. The van der Waals surface area contributed by atoms with Gasteiger partial charge in [-0.2, -0.15) is 0 Å². The number of esters is 1. The highest BCUT2D eigenvalue weighted by Gasteiger charge is 2.15. The Labute approximate surface area is 179 Å². The molecule has 1 unspecified atom stereocenters. The molecule has 2 aromatic carbocycles. The summed E-state index contributed by atoms with van der Waals surface area (Å²) in [5.41, 5.74) is 0.660. The number of hydrogen-bond acceptors (Lipinski definition) is 7. The van der Waals surface area contributed by atoms with Crippen molar-refractivity contribution < 1.29 is 14.3 Å². The minimum atomic E-state index is -0.445. The van der Waals surface area contributed by atoms with E-state index in [0.29, 0.717) is 17.1 Å². The molecule has 0 aliphatic carbocycles. The Bertz CT molecular complexity index is 1140. The normalized spacial score (nSPS) is 15.9. The van der Waals surface area contributed by atoms with Gasteiger partial charge >= 0.3 is 5.97 Å². The van der Waals surface area contributed by atoms with E-state index in [2.05, 4.69) is 22.2 Å². The zero-order valence-electron chi connectivity index (χ0n) is 16.7. The van der Waals surface area contributed by atoms with Crippen LogP contribution in [0.5, 0.6) is 11.5 Å². The second kappa shape index (κ2) is 9.00. The molecule has 2 heterocycles. The second-order valence-electron chi connectivity index (χ2n) is 6.76. The third-order valence-electron chi connectivity index (χ3n) is 4.50. The van der Waals surface area contributed by atoms with Gasteiger partial charge in [0.1, 0.15) is 17.3 Å². The summed E-state index contributed by atoms with van der Waals surface area (Å²) in [5.74, 6) is 2.42. The molecule has 0 amide bonds. The topological polar surface area (TPSA) is 72.8 Å². The van der Waals surface area contributed by atoms with E-state index in [4.69, 9.17) is 9.47 Å². The summed E-state index contributed by atoms with van der Waals surface area (Å²) in [6.45, 7) is 2.07. The first-order chi connectivity index (χ1) is 14.6. The summed E-state index contributed by atoms with van der Waals surface area (Å²) < 4.78 is 11.0. The maximum atomic E-state index is 11.6. The second-order valence-corrected chi connectivity index (χ2v) is 7.77. The van der Waals surface area contributed by atoms with Crippen molar-refractivity contribution in [2.24, 2.45) is 4.99 Å². The Hall–Kier alpha value is -3.32. The number of carbonyl (C=O) groups excluding carboxylic acids is 1. The maximum absolute atomic E-state index is 11.6. The van der Waals surface area contributed by atoms with Gasteiger partial charge in [0.25, 0.3) is 0 Å². The van der Waals surface area contributed by atoms with Gasteiger partial charge in [0.2, 0.25) is 0 Å². The number of rotatable bonds is 5. The van der Waals surface area contributed by atoms with Crippen LogP contribution in [0.15, 0.2) is 65.8 Å². The summed E-state index contributed by atoms with van der Waals surface area (Å²) in [7, 11) is 1.34. The minimum absolute atomic E-state index is 0.283. The Morgan fingerprint density at radius 1 is 1.20 bits per heavy atom. The largest absolute Gasteiger partial charge is 0.466 e. The number of methoxy groups -OCH3 is 1. The van der Waals surface area contributed by atoms with Crippen LogP contribution < -0.4 is 10.1 Å². The molecule has 0 spiro atoms. The lowest BCUT2D eigenvalue weighted by Gasteiger charge is -2.13. The first kappa shape index (κ1) is 20.0. The number of carbonyl (C=O) groups is 1. The standard InChI is InChI=1S/C23H21N3O3S/c1-15-14-30-23(25-15)26-21-12-20(17(13-24-21)10-11-22(27)28-2)29-19-9-5-7-16-6-3-4-8-18(16)19/h3-13,15H,14H2,1-2H3,(H,24,25,26)/b11-10-. The number of anilines is 1. The molecule has 1 aliphatic heterocycles. The SMILES string of the molecule is COC(=O)/C=C\c1cnc(NC2=NC(C)CS2)cc1Oc1cccc2ccccc12. The van der Waals surface area contributed by atoms with Crippen molar-refractivity contribution >= 4 is 45.6 Å². The average Bonchev–Trinajstić information content (AvgIpc) is 3.17. The minimum Gasteiger partial charge on any atom is -0.466 e. The van der Waals surface area contributed by atoms with Crippen LogP contribution in [0.2, 0.25) is 0 Å². The number of thioether (sulfide) groups is 1. The van der Waals surface area contributed by atoms with Gasteiger partial charge in [-0.3, -0.25) is 4.99 Å². The molecule has 152 valence electrons. The predicted molar refractivity (Wildman–Crippen MR) is 122 cm³/mol. The average molecular weight is 420 g/mol. The van der Waals surface area contributed by atoms with Crippen LogP contribution in [0.4, 0.5) is 5.82 Å². The van der Waals surface area contributed by atoms with Crippen LogP contribution >= 0.6 is 11.8 Å². The first-order valence-corrected chi connectivity index (χ1v) is 10.5. The number of benzene rings is 2. The number of pyridine rings is 1. The fraction of sp³-hybridized carbons (Fsp3) is 0.174. The molecular formula is C23H21N3O3S. The predicted octanol–water partition coefficient (Wildman–Crippen LogP) is 5.12. The molecule has 0 saturated heterocycles. The molecular weight excluding hydrogens is 398 g/mol. The zero-order chi connectivity index (χ0) is 20.9. The van der Waals surface area contributed by atoms with Crippen molar-refractivity contribution in [2.45, 2.75) is 13.0 Å². The molecule has 1 aliphatic rings. The number of aromatic nitrogens is 1. The lowest BCUT2D eigenvalue weighted by atomic mass is 10.1. The van der Waals surface area contributed by atoms with Gasteiger partial charge < -0.3 is 14.8 Å². The van der Waals surface area contributed by atoms with E-state index < -0.39 is 5.97 Å². The Morgan fingerprint density at radius 3 is 2.83 bits per heavy atom. The number of fused-ring (bicyclic) bond motifs is 1. The lowest BCUT2D eigenvalue weighted by molar-refractivity contribution is -0.134. The molecule has 0 fully saturated rings. The number of aliphatic imine (C=N–C) groups is 1. The Balaban J connectivity index is 1.70. The van der Waals surface area contributed by atoms with E-state index in [0.717, 1.165) is 27.4 Å². The number of hydrogen-bond donors (Lipinski definition) is 1. The van der Waals surface area contributed by atoms with Crippen LogP contribution in [0.25, 0.3) is 16.8 Å². The van der Waals surface area contributed by atoms with E-state index in [1.807, 2.05) is 48.5 Å². The van der Waals surface area contributed by atoms with Gasteiger partial charge in [-0.1, -0.05) is 48.2 Å². The molecule has 1 aromatic heterocycles. The van der Waals surface area contributed by atoms with Crippen molar-refractivity contribution in [1.29, 1.82) is 0 Å². The molecule has 0 radical (unpaired) electrons. The van der Waals surface area contributed by atoms with Gasteiger partial charge in [-0.15, -0.1) is 0 Å². The van der Waals surface area contributed by atoms with E-state index in [9.17, 15) is 4.79 Å². The van der Waals surface area contributed by atoms with Crippen LogP contribution in [-0.2, 0) is 9.53 Å². The molecule has 4 rings (SSSR count). The third kappa shape index (κ3) is 4.63.